The summed E-state index contributed by atoms with van der Waals surface area (Å²) in [5.74, 6) is 0.238. The van der Waals surface area contributed by atoms with Crippen molar-refractivity contribution >= 4 is 17.5 Å². The largest absolute Gasteiger partial charge is 0.493 e. The molecule has 0 atom stereocenters. The van der Waals surface area contributed by atoms with Gasteiger partial charge in [-0.25, -0.2) is 4.39 Å². The lowest BCUT2D eigenvalue weighted by Gasteiger charge is -2.31. The summed E-state index contributed by atoms with van der Waals surface area (Å²) in [4.78, 5) is 26.4. The second-order valence-corrected chi connectivity index (χ2v) is 6.56. The molecule has 0 bridgehead atoms. The van der Waals surface area contributed by atoms with Crippen molar-refractivity contribution in [2.45, 2.75) is 19.3 Å². The maximum absolute atomic E-state index is 12.9. The van der Waals surface area contributed by atoms with Gasteiger partial charge in [0.25, 0.3) is 0 Å². The molecule has 1 heterocycles. The first kappa shape index (κ1) is 18.9. The van der Waals surface area contributed by atoms with Crippen molar-refractivity contribution in [1.29, 1.82) is 0 Å². The zero-order chi connectivity index (χ0) is 19.1. The van der Waals surface area contributed by atoms with Crippen molar-refractivity contribution in [2.24, 2.45) is 5.92 Å². The summed E-state index contributed by atoms with van der Waals surface area (Å²) < 4.78 is 18.5. The number of likely N-dealkylation sites (tertiary alicyclic amines) is 1. The Morgan fingerprint density at radius 3 is 2.37 bits per heavy atom. The Kier molecular flexibility index (Phi) is 6.41. The minimum absolute atomic E-state index is 0.0447. The molecule has 1 aliphatic rings. The maximum Gasteiger partial charge on any atom is 0.227 e. The molecule has 0 aliphatic carbocycles. The minimum atomic E-state index is -0.337. The summed E-state index contributed by atoms with van der Waals surface area (Å²) in [6.45, 7) is 1.46. The van der Waals surface area contributed by atoms with Gasteiger partial charge in [0, 0.05) is 24.7 Å². The number of ether oxygens (including phenoxy) is 1. The Labute approximate surface area is 158 Å². The maximum atomic E-state index is 12.9. The molecule has 0 saturated carbocycles. The van der Waals surface area contributed by atoms with E-state index in [0.717, 1.165) is 5.75 Å². The first-order valence-corrected chi connectivity index (χ1v) is 9.14. The Balaban J connectivity index is 1.39. The highest BCUT2D eigenvalue weighted by Crippen LogP contribution is 2.20. The van der Waals surface area contributed by atoms with Crippen LogP contribution in [0.4, 0.5) is 10.1 Å². The lowest BCUT2D eigenvalue weighted by molar-refractivity contribution is -0.135. The van der Waals surface area contributed by atoms with Gasteiger partial charge in [-0.1, -0.05) is 18.2 Å². The number of nitrogens with zero attached hydrogens (tertiary/aromatic N) is 1. The third-order valence-corrected chi connectivity index (χ3v) is 4.66. The van der Waals surface area contributed by atoms with Crippen LogP contribution in [0.1, 0.15) is 19.3 Å². The molecule has 3 rings (SSSR count). The molecule has 27 heavy (non-hydrogen) atoms. The molecule has 0 radical (unpaired) electrons. The molecule has 1 saturated heterocycles. The van der Waals surface area contributed by atoms with Crippen LogP contribution in [0.5, 0.6) is 5.75 Å². The molecule has 142 valence electrons. The van der Waals surface area contributed by atoms with Crippen molar-refractivity contribution in [3.63, 3.8) is 0 Å². The third kappa shape index (κ3) is 5.54. The number of amides is 2. The van der Waals surface area contributed by atoms with Crippen LogP contribution in [0.2, 0.25) is 0 Å². The first-order valence-electron chi connectivity index (χ1n) is 9.14. The van der Waals surface area contributed by atoms with Gasteiger partial charge < -0.3 is 15.0 Å². The predicted molar refractivity (Wildman–Crippen MR) is 101 cm³/mol. The van der Waals surface area contributed by atoms with E-state index < -0.39 is 0 Å². The van der Waals surface area contributed by atoms with Crippen molar-refractivity contribution in [2.75, 3.05) is 25.0 Å². The predicted octanol–water partition coefficient (Wildman–Crippen LogP) is 3.47. The second kappa shape index (κ2) is 9.16. The van der Waals surface area contributed by atoms with Crippen LogP contribution in [-0.4, -0.2) is 36.4 Å². The molecule has 2 amide bonds. The molecule has 2 aromatic rings. The average molecular weight is 370 g/mol. The Hall–Kier alpha value is -2.89. The number of carbonyl (C=O) groups is 2. The molecule has 0 aromatic heterocycles. The number of piperidine rings is 1. The number of rotatable bonds is 6. The number of carbonyl (C=O) groups excluding carboxylic acids is 2. The van der Waals surface area contributed by atoms with Crippen LogP contribution in [0, 0.1) is 11.7 Å². The van der Waals surface area contributed by atoms with E-state index in [1.807, 2.05) is 30.3 Å². The quantitative estimate of drug-likeness (QED) is 0.847. The van der Waals surface area contributed by atoms with Gasteiger partial charge in [0.1, 0.15) is 11.6 Å². The highest BCUT2D eigenvalue weighted by atomic mass is 19.1. The van der Waals surface area contributed by atoms with Crippen molar-refractivity contribution in [1.82, 2.24) is 4.90 Å². The number of hydrogen-bond donors (Lipinski definition) is 1. The van der Waals surface area contributed by atoms with Gasteiger partial charge >= 0.3 is 0 Å². The summed E-state index contributed by atoms with van der Waals surface area (Å²) in [6, 6.07) is 15.1. The zero-order valence-corrected chi connectivity index (χ0v) is 15.1. The van der Waals surface area contributed by atoms with Crippen molar-refractivity contribution < 1.29 is 18.7 Å². The SMILES string of the molecule is O=C(Nc1ccc(F)cc1)C1CCN(C(=O)CCOc2ccccc2)CC1. The molecule has 0 spiro atoms. The van der Waals surface area contributed by atoms with Gasteiger partial charge in [0.2, 0.25) is 11.8 Å². The molecule has 5 nitrogen and oxygen atoms in total. The van der Waals surface area contributed by atoms with Crippen LogP contribution in [0.15, 0.2) is 54.6 Å². The number of nitrogens with one attached hydrogen (secondary N) is 1. The summed E-state index contributed by atoms with van der Waals surface area (Å²) in [5, 5.41) is 2.81. The van der Waals surface area contributed by atoms with E-state index in [2.05, 4.69) is 5.32 Å². The number of benzene rings is 2. The summed E-state index contributed by atoms with van der Waals surface area (Å²) in [5.41, 5.74) is 0.581. The topological polar surface area (TPSA) is 58.6 Å². The van der Waals surface area contributed by atoms with Crippen molar-refractivity contribution in [3.8, 4) is 5.75 Å². The van der Waals surface area contributed by atoms with E-state index >= 15 is 0 Å². The van der Waals surface area contributed by atoms with Gasteiger partial charge in [-0.15, -0.1) is 0 Å². The van der Waals surface area contributed by atoms with E-state index in [1.165, 1.54) is 12.1 Å². The molecule has 6 heteroatoms. The molecule has 2 aromatic carbocycles. The van der Waals surface area contributed by atoms with Gasteiger partial charge in [-0.2, -0.15) is 0 Å². The van der Waals surface area contributed by atoms with Gasteiger partial charge in [-0.05, 0) is 49.2 Å². The Morgan fingerprint density at radius 1 is 1.04 bits per heavy atom. The van der Waals surface area contributed by atoms with Crippen LogP contribution in [-0.2, 0) is 9.59 Å². The van der Waals surface area contributed by atoms with Gasteiger partial charge in [0.05, 0.1) is 13.0 Å². The fraction of sp³-hybridized carbons (Fsp3) is 0.333. The monoisotopic (exact) mass is 370 g/mol. The Bertz CT molecular complexity index is 757. The van der Waals surface area contributed by atoms with E-state index in [4.69, 9.17) is 4.74 Å². The molecule has 1 aliphatic heterocycles. The first-order chi connectivity index (χ1) is 13.1. The summed E-state index contributed by atoms with van der Waals surface area (Å²) in [7, 11) is 0. The fourth-order valence-corrected chi connectivity index (χ4v) is 3.10. The van der Waals surface area contributed by atoms with Crippen LogP contribution in [0.3, 0.4) is 0 Å². The minimum Gasteiger partial charge on any atom is -0.493 e. The highest BCUT2D eigenvalue weighted by molar-refractivity contribution is 5.92. The smallest absolute Gasteiger partial charge is 0.227 e. The Morgan fingerprint density at radius 2 is 1.70 bits per heavy atom. The lowest BCUT2D eigenvalue weighted by Crippen LogP contribution is -2.41. The molecule has 0 unspecified atom stereocenters. The van der Waals surface area contributed by atoms with E-state index in [1.54, 1.807) is 17.0 Å². The molecule has 1 fully saturated rings. The number of anilines is 1. The number of para-hydroxylation sites is 1. The van der Waals surface area contributed by atoms with E-state index in [9.17, 15) is 14.0 Å². The summed E-state index contributed by atoms with van der Waals surface area (Å²) in [6.07, 6.45) is 1.57. The average Bonchev–Trinajstić information content (AvgIpc) is 2.70. The normalized spacial score (nSPS) is 14.6. The molecule has 1 N–H and O–H groups in total. The molecular formula is C21H23FN2O3. The summed E-state index contributed by atoms with van der Waals surface area (Å²) >= 11 is 0. The fourth-order valence-electron chi connectivity index (χ4n) is 3.10. The zero-order valence-electron chi connectivity index (χ0n) is 15.1. The van der Waals surface area contributed by atoms with Crippen LogP contribution >= 0.6 is 0 Å². The van der Waals surface area contributed by atoms with Crippen molar-refractivity contribution in [3.05, 3.63) is 60.4 Å². The second-order valence-electron chi connectivity index (χ2n) is 6.56. The molecular weight excluding hydrogens is 347 g/mol. The van der Waals surface area contributed by atoms with Gasteiger partial charge in [0.15, 0.2) is 0 Å². The lowest BCUT2D eigenvalue weighted by atomic mass is 9.95. The third-order valence-electron chi connectivity index (χ3n) is 4.66. The number of halogens is 1. The van der Waals surface area contributed by atoms with E-state index in [-0.39, 0.29) is 23.5 Å². The standard InChI is InChI=1S/C21H23FN2O3/c22-17-6-8-18(9-7-17)23-21(26)16-10-13-24(14-11-16)20(25)12-15-27-19-4-2-1-3-5-19/h1-9,16H,10-15H2,(H,23,26). The van der Waals surface area contributed by atoms with Gasteiger partial charge in [-0.3, -0.25) is 9.59 Å². The van der Waals surface area contributed by atoms with Crippen LogP contribution in [0.25, 0.3) is 0 Å². The van der Waals surface area contributed by atoms with Crippen LogP contribution < -0.4 is 10.1 Å². The van der Waals surface area contributed by atoms with E-state index in [0.29, 0.717) is 44.6 Å². The highest BCUT2D eigenvalue weighted by Gasteiger charge is 2.27. The number of hydrogen-bond acceptors (Lipinski definition) is 3.